The first-order chi connectivity index (χ1) is 7.40. The fourth-order valence-electron chi connectivity index (χ4n) is 0.977. The van der Waals surface area contributed by atoms with Crippen LogP contribution in [0.15, 0.2) is 12.2 Å². The first-order valence-electron chi connectivity index (χ1n) is 5.04. The molecule has 94 valence electrons. The van der Waals surface area contributed by atoms with E-state index in [0.29, 0.717) is 6.42 Å². The Kier molecular flexibility index (Phi) is 9.34. The zero-order chi connectivity index (χ0) is 12.6. The molecule has 0 aliphatic rings. The zero-order valence-corrected chi connectivity index (χ0v) is 13.3. The molecule has 0 bridgehead atoms. The molecule has 0 saturated heterocycles. The summed E-state index contributed by atoms with van der Waals surface area (Å²) in [5.74, 6) is 0.816. The number of hydrogen-bond acceptors (Lipinski definition) is 2. The Morgan fingerprint density at radius 2 is 1.81 bits per heavy atom. The fourth-order valence-corrected chi connectivity index (χ4v) is 2.52. The van der Waals surface area contributed by atoms with Crippen LogP contribution in [0.5, 0.6) is 0 Å². The predicted molar refractivity (Wildman–Crippen MR) is 82.0 cm³/mol. The number of alkyl halides is 3. The van der Waals surface area contributed by atoms with E-state index < -0.39 is 3.79 Å². The van der Waals surface area contributed by atoms with Crippen LogP contribution in [0.2, 0.25) is 0 Å². The third-order valence-electron chi connectivity index (χ3n) is 1.84. The van der Waals surface area contributed by atoms with Crippen molar-refractivity contribution in [3.63, 3.8) is 0 Å². The third-order valence-corrected chi connectivity index (χ3v) is 3.78. The molecular formula is C10H16Cl3NS2. The van der Waals surface area contributed by atoms with E-state index in [-0.39, 0.29) is 0 Å². The average molecular weight is 321 g/mol. The molecule has 0 aromatic heterocycles. The number of allylic oxidation sites excluding steroid dienone is 1. The highest BCUT2D eigenvalue weighted by molar-refractivity contribution is 8.23. The van der Waals surface area contributed by atoms with Gasteiger partial charge in [0, 0.05) is 25.3 Å². The highest BCUT2D eigenvalue weighted by Gasteiger charge is 2.16. The lowest BCUT2D eigenvalue weighted by Crippen LogP contribution is -2.26. The summed E-state index contributed by atoms with van der Waals surface area (Å²) in [4.78, 5) is 2.14. The number of hydrogen-bond donors (Lipinski definition) is 0. The van der Waals surface area contributed by atoms with Crippen molar-refractivity contribution in [2.75, 3.05) is 18.8 Å². The van der Waals surface area contributed by atoms with Crippen LogP contribution in [0.3, 0.4) is 0 Å². The average Bonchev–Trinajstić information content (AvgIpc) is 2.17. The van der Waals surface area contributed by atoms with Crippen molar-refractivity contribution in [1.82, 2.24) is 4.90 Å². The van der Waals surface area contributed by atoms with E-state index in [9.17, 15) is 0 Å². The highest BCUT2D eigenvalue weighted by Crippen LogP contribution is 2.30. The Morgan fingerprint density at radius 3 is 2.25 bits per heavy atom. The van der Waals surface area contributed by atoms with E-state index in [1.54, 1.807) is 11.8 Å². The Bertz CT molecular complexity index is 235. The second-order valence-corrected chi connectivity index (χ2v) is 7.21. The molecule has 0 heterocycles. The summed E-state index contributed by atoms with van der Waals surface area (Å²) in [6, 6.07) is 0. The molecule has 6 heteroatoms. The van der Waals surface area contributed by atoms with E-state index in [1.807, 2.05) is 12.2 Å². The monoisotopic (exact) mass is 319 g/mol. The van der Waals surface area contributed by atoms with Gasteiger partial charge in [-0.25, -0.2) is 0 Å². The number of nitrogens with zero attached hydrogens (tertiary/aromatic N) is 1. The molecule has 0 aromatic carbocycles. The number of rotatable bonds is 5. The van der Waals surface area contributed by atoms with E-state index in [4.69, 9.17) is 47.0 Å². The lowest BCUT2D eigenvalue weighted by molar-refractivity contribution is 0.482. The minimum absolute atomic E-state index is 0.427. The van der Waals surface area contributed by atoms with Crippen LogP contribution >= 0.6 is 58.8 Å². The smallest absolute Gasteiger partial charge is 0.194 e. The number of thioether (sulfide) groups is 1. The van der Waals surface area contributed by atoms with Gasteiger partial charge in [-0.1, -0.05) is 70.9 Å². The molecular weight excluding hydrogens is 305 g/mol. The van der Waals surface area contributed by atoms with Crippen LogP contribution < -0.4 is 0 Å². The van der Waals surface area contributed by atoms with Gasteiger partial charge < -0.3 is 4.90 Å². The van der Waals surface area contributed by atoms with Crippen LogP contribution in [0.1, 0.15) is 20.3 Å². The summed E-state index contributed by atoms with van der Waals surface area (Å²) in [6.07, 6.45) is 4.27. The minimum atomic E-state index is -1.19. The van der Waals surface area contributed by atoms with Crippen molar-refractivity contribution in [3.8, 4) is 0 Å². The third kappa shape index (κ3) is 8.94. The lowest BCUT2D eigenvalue weighted by Gasteiger charge is -2.20. The molecule has 1 nitrogen and oxygen atoms in total. The normalized spacial score (nSPS) is 12.1. The summed E-state index contributed by atoms with van der Waals surface area (Å²) in [6.45, 7) is 6.07. The van der Waals surface area contributed by atoms with Crippen LogP contribution in [0, 0.1) is 0 Å². The van der Waals surface area contributed by atoms with Gasteiger partial charge in [0.15, 0.2) is 3.79 Å². The molecule has 0 spiro atoms. The van der Waals surface area contributed by atoms with Crippen LogP contribution in [-0.4, -0.2) is 31.9 Å². The van der Waals surface area contributed by atoms with Crippen molar-refractivity contribution in [1.29, 1.82) is 0 Å². The van der Waals surface area contributed by atoms with Gasteiger partial charge in [-0.05, 0) is 13.8 Å². The summed E-state index contributed by atoms with van der Waals surface area (Å²) in [7, 11) is 0. The first kappa shape index (κ1) is 16.9. The van der Waals surface area contributed by atoms with Crippen molar-refractivity contribution in [3.05, 3.63) is 12.2 Å². The number of halogens is 3. The summed E-state index contributed by atoms with van der Waals surface area (Å²) >= 11 is 23.7. The Balaban J connectivity index is 3.77. The van der Waals surface area contributed by atoms with Crippen molar-refractivity contribution < 1.29 is 0 Å². The lowest BCUT2D eigenvalue weighted by atomic mass is 10.4. The van der Waals surface area contributed by atoms with Gasteiger partial charge in [0.1, 0.15) is 4.32 Å². The second-order valence-electron chi connectivity index (χ2n) is 3.04. The van der Waals surface area contributed by atoms with Gasteiger partial charge in [0.25, 0.3) is 0 Å². The van der Waals surface area contributed by atoms with E-state index in [2.05, 4.69) is 18.7 Å². The maximum Gasteiger partial charge on any atom is 0.194 e. The van der Waals surface area contributed by atoms with Gasteiger partial charge in [0.2, 0.25) is 0 Å². The maximum absolute atomic E-state index is 5.61. The van der Waals surface area contributed by atoms with Crippen LogP contribution in [0.25, 0.3) is 0 Å². The topological polar surface area (TPSA) is 3.24 Å². The first-order valence-corrected chi connectivity index (χ1v) is 7.57. The molecule has 0 saturated carbocycles. The molecule has 0 aliphatic heterocycles. The molecule has 0 aliphatic carbocycles. The van der Waals surface area contributed by atoms with E-state index in [1.165, 1.54) is 0 Å². The van der Waals surface area contributed by atoms with Crippen LogP contribution in [0.4, 0.5) is 0 Å². The summed E-state index contributed by atoms with van der Waals surface area (Å²) in [5.41, 5.74) is 0. The zero-order valence-electron chi connectivity index (χ0n) is 9.38. The van der Waals surface area contributed by atoms with Crippen molar-refractivity contribution in [2.45, 2.75) is 24.1 Å². The quantitative estimate of drug-likeness (QED) is 0.412. The minimum Gasteiger partial charge on any atom is -0.358 e. The molecule has 0 rings (SSSR count). The molecule has 0 fully saturated rings. The number of thiocarbonyl (C=S) groups is 1. The Morgan fingerprint density at radius 1 is 1.25 bits per heavy atom. The molecule has 0 N–H and O–H groups in total. The summed E-state index contributed by atoms with van der Waals surface area (Å²) < 4.78 is -0.274. The Hall–Kier alpha value is 0.850. The van der Waals surface area contributed by atoms with Gasteiger partial charge in [-0.2, -0.15) is 0 Å². The van der Waals surface area contributed by atoms with Crippen molar-refractivity contribution in [2.24, 2.45) is 0 Å². The van der Waals surface area contributed by atoms with Crippen LogP contribution in [-0.2, 0) is 0 Å². The standard InChI is InChI=1S/C10H16Cl3NS2/c1-3-14(4-2)9(15)16-8-6-5-7-10(11,12)13/h5-6H,3-4,7-8H2,1-2H3. The van der Waals surface area contributed by atoms with Gasteiger partial charge in [-0.3, -0.25) is 0 Å². The molecule has 0 atom stereocenters. The van der Waals surface area contributed by atoms with E-state index >= 15 is 0 Å². The Labute approximate surface area is 122 Å². The van der Waals surface area contributed by atoms with Gasteiger partial charge in [0.05, 0.1) is 0 Å². The highest BCUT2D eigenvalue weighted by atomic mass is 35.6. The molecule has 0 unspecified atom stereocenters. The molecule has 0 radical (unpaired) electrons. The largest absolute Gasteiger partial charge is 0.358 e. The SMILES string of the molecule is CCN(CC)C(=S)SCC=CCC(Cl)(Cl)Cl. The molecule has 0 aromatic rings. The maximum atomic E-state index is 5.61. The summed E-state index contributed by atoms with van der Waals surface area (Å²) in [5, 5.41) is 0. The second kappa shape index (κ2) is 8.87. The molecule has 16 heavy (non-hydrogen) atoms. The van der Waals surface area contributed by atoms with Crippen molar-refractivity contribution >= 4 is 63.1 Å². The van der Waals surface area contributed by atoms with Gasteiger partial charge in [-0.15, -0.1) is 0 Å². The fraction of sp³-hybridized carbons (Fsp3) is 0.700. The van der Waals surface area contributed by atoms with E-state index in [0.717, 1.165) is 23.2 Å². The van der Waals surface area contributed by atoms with Gasteiger partial charge >= 0.3 is 0 Å². The molecule has 0 amide bonds. The predicted octanol–water partition coefficient (Wildman–Crippen LogP) is 4.66.